The van der Waals surface area contributed by atoms with Gasteiger partial charge in [-0.25, -0.2) is 4.79 Å². The third-order valence-corrected chi connectivity index (χ3v) is 3.80. The molecule has 0 radical (unpaired) electrons. The fourth-order valence-corrected chi connectivity index (χ4v) is 2.50. The second kappa shape index (κ2) is 6.78. The number of carbonyl (C=O) groups excluding carboxylic acids is 1. The molecule has 1 atom stereocenters. The van der Waals surface area contributed by atoms with Gasteiger partial charge in [-0.05, 0) is 63.0 Å². The van der Waals surface area contributed by atoms with E-state index < -0.39 is 0 Å². The predicted molar refractivity (Wildman–Crippen MR) is 78.7 cm³/mol. The van der Waals surface area contributed by atoms with Crippen LogP contribution in [0.15, 0.2) is 24.3 Å². The monoisotopic (exact) mass is 281 g/mol. The Kier molecular flexibility index (Phi) is 5.05. The summed E-state index contributed by atoms with van der Waals surface area (Å²) >= 11 is 5.80. The topological polar surface area (TPSA) is 53.2 Å². The largest absolute Gasteiger partial charge is 0.335 e. The zero-order chi connectivity index (χ0) is 13.7. The Hall–Kier alpha value is -1.26. The molecule has 1 unspecified atom stereocenters. The lowest BCUT2D eigenvalue weighted by Gasteiger charge is -2.28. The first-order valence-electron chi connectivity index (χ1n) is 6.69. The first-order valence-corrected chi connectivity index (χ1v) is 7.07. The summed E-state index contributed by atoms with van der Waals surface area (Å²) < 4.78 is 0. The van der Waals surface area contributed by atoms with E-state index >= 15 is 0 Å². The van der Waals surface area contributed by atoms with E-state index in [-0.39, 0.29) is 12.1 Å². The van der Waals surface area contributed by atoms with E-state index in [1.807, 2.05) is 0 Å². The van der Waals surface area contributed by atoms with Gasteiger partial charge in [-0.2, -0.15) is 0 Å². The fourth-order valence-electron chi connectivity index (χ4n) is 2.37. The number of urea groups is 1. The van der Waals surface area contributed by atoms with E-state index in [0.29, 0.717) is 10.9 Å². The highest BCUT2D eigenvalue weighted by Gasteiger charge is 2.21. The summed E-state index contributed by atoms with van der Waals surface area (Å²) in [6, 6.07) is 7.12. The highest BCUT2D eigenvalue weighted by Crippen LogP contribution is 2.17. The molecule has 1 aliphatic rings. The van der Waals surface area contributed by atoms with Gasteiger partial charge in [0.1, 0.15) is 0 Å². The zero-order valence-corrected chi connectivity index (χ0v) is 11.8. The van der Waals surface area contributed by atoms with E-state index in [2.05, 4.69) is 22.9 Å². The van der Waals surface area contributed by atoms with Crippen LogP contribution < -0.4 is 16.0 Å². The van der Waals surface area contributed by atoms with Gasteiger partial charge in [-0.1, -0.05) is 11.6 Å². The summed E-state index contributed by atoms with van der Waals surface area (Å²) in [5.74, 6) is 0.553. The lowest BCUT2D eigenvalue weighted by atomic mass is 9.91. The number of hydrogen-bond acceptors (Lipinski definition) is 2. The van der Waals surface area contributed by atoms with Crippen LogP contribution in [0.25, 0.3) is 0 Å². The van der Waals surface area contributed by atoms with Crippen molar-refractivity contribution in [3.63, 3.8) is 0 Å². The molecule has 1 saturated heterocycles. The molecule has 3 N–H and O–H groups in total. The fraction of sp³-hybridized carbons (Fsp3) is 0.500. The number of nitrogens with one attached hydrogen (secondary N) is 3. The van der Waals surface area contributed by atoms with Crippen molar-refractivity contribution in [1.82, 2.24) is 10.6 Å². The van der Waals surface area contributed by atoms with Crippen molar-refractivity contribution in [2.24, 2.45) is 5.92 Å². The number of anilines is 1. The summed E-state index contributed by atoms with van der Waals surface area (Å²) in [6.45, 7) is 4.14. The molecule has 1 aliphatic heterocycles. The molecule has 2 amide bonds. The highest BCUT2D eigenvalue weighted by atomic mass is 35.5. The van der Waals surface area contributed by atoms with Gasteiger partial charge in [0, 0.05) is 16.8 Å². The van der Waals surface area contributed by atoms with Crippen molar-refractivity contribution in [1.29, 1.82) is 0 Å². The van der Waals surface area contributed by atoms with Crippen molar-refractivity contribution in [2.75, 3.05) is 18.4 Å². The molecule has 1 aromatic rings. The van der Waals surface area contributed by atoms with Crippen molar-refractivity contribution >= 4 is 23.3 Å². The van der Waals surface area contributed by atoms with Gasteiger partial charge < -0.3 is 16.0 Å². The normalized spacial score (nSPS) is 17.8. The number of amides is 2. The Labute approximate surface area is 118 Å². The maximum atomic E-state index is 11.9. The van der Waals surface area contributed by atoms with E-state index in [4.69, 9.17) is 11.6 Å². The second-order valence-electron chi connectivity index (χ2n) is 4.98. The third kappa shape index (κ3) is 4.40. The lowest BCUT2D eigenvalue weighted by molar-refractivity contribution is 0.237. The molecule has 0 saturated carbocycles. The van der Waals surface area contributed by atoms with Crippen LogP contribution in [0, 0.1) is 5.92 Å². The van der Waals surface area contributed by atoms with Crippen LogP contribution in [-0.4, -0.2) is 25.2 Å². The van der Waals surface area contributed by atoms with Gasteiger partial charge >= 0.3 is 6.03 Å². The molecule has 19 heavy (non-hydrogen) atoms. The standard InChI is InChI=1S/C14H20ClN3O/c1-10(11-6-8-16-9-7-11)17-14(19)18-13-4-2-12(15)3-5-13/h2-5,10-11,16H,6-9H2,1H3,(H2,17,18,19). The van der Waals surface area contributed by atoms with Crippen molar-refractivity contribution in [2.45, 2.75) is 25.8 Å². The van der Waals surface area contributed by atoms with Gasteiger partial charge in [0.2, 0.25) is 0 Å². The van der Waals surface area contributed by atoms with E-state index in [9.17, 15) is 4.79 Å². The summed E-state index contributed by atoms with van der Waals surface area (Å²) in [4.78, 5) is 11.9. The first-order chi connectivity index (χ1) is 9.15. The van der Waals surface area contributed by atoms with Crippen molar-refractivity contribution in [3.8, 4) is 0 Å². The van der Waals surface area contributed by atoms with E-state index in [1.54, 1.807) is 24.3 Å². The summed E-state index contributed by atoms with van der Waals surface area (Å²) in [5.41, 5.74) is 0.749. The Morgan fingerprint density at radius 1 is 1.32 bits per heavy atom. The van der Waals surface area contributed by atoms with E-state index in [0.717, 1.165) is 31.6 Å². The molecule has 104 valence electrons. The zero-order valence-electron chi connectivity index (χ0n) is 11.1. The van der Waals surface area contributed by atoms with Crippen LogP contribution in [0.2, 0.25) is 5.02 Å². The van der Waals surface area contributed by atoms with Crippen molar-refractivity contribution in [3.05, 3.63) is 29.3 Å². The van der Waals surface area contributed by atoms with Gasteiger partial charge in [0.15, 0.2) is 0 Å². The van der Waals surface area contributed by atoms with Gasteiger partial charge in [-0.3, -0.25) is 0 Å². The number of carbonyl (C=O) groups is 1. The average molecular weight is 282 g/mol. The maximum Gasteiger partial charge on any atom is 0.319 e. The van der Waals surface area contributed by atoms with Gasteiger partial charge in [0.25, 0.3) is 0 Å². The number of halogens is 1. The molecule has 5 heteroatoms. The van der Waals surface area contributed by atoms with Crippen LogP contribution >= 0.6 is 11.6 Å². The first kappa shape index (κ1) is 14.2. The summed E-state index contributed by atoms with van der Waals surface area (Å²) in [6.07, 6.45) is 2.23. The SMILES string of the molecule is CC(NC(=O)Nc1ccc(Cl)cc1)C1CCNCC1. The molecule has 0 spiro atoms. The number of rotatable bonds is 3. The number of benzene rings is 1. The van der Waals surface area contributed by atoms with Crippen LogP contribution in [0.4, 0.5) is 10.5 Å². The third-order valence-electron chi connectivity index (χ3n) is 3.55. The maximum absolute atomic E-state index is 11.9. The second-order valence-corrected chi connectivity index (χ2v) is 5.42. The molecule has 1 aromatic carbocycles. The molecule has 1 fully saturated rings. The van der Waals surface area contributed by atoms with E-state index in [1.165, 1.54) is 0 Å². The molecule has 1 heterocycles. The molecule has 0 aromatic heterocycles. The van der Waals surface area contributed by atoms with Gasteiger partial charge in [-0.15, -0.1) is 0 Å². The molecule has 0 aliphatic carbocycles. The van der Waals surface area contributed by atoms with Crippen LogP contribution in [0.1, 0.15) is 19.8 Å². The predicted octanol–water partition coefficient (Wildman–Crippen LogP) is 2.85. The quantitative estimate of drug-likeness (QED) is 0.798. The molecular weight excluding hydrogens is 262 g/mol. The Morgan fingerprint density at radius 2 is 1.95 bits per heavy atom. The molecule has 2 rings (SSSR count). The molecular formula is C14H20ClN3O. The minimum Gasteiger partial charge on any atom is -0.335 e. The van der Waals surface area contributed by atoms with Crippen LogP contribution in [-0.2, 0) is 0 Å². The Balaban J connectivity index is 1.81. The highest BCUT2D eigenvalue weighted by molar-refractivity contribution is 6.30. The number of piperidine rings is 1. The summed E-state index contributed by atoms with van der Waals surface area (Å²) in [5, 5.41) is 9.81. The van der Waals surface area contributed by atoms with Crippen LogP contribution in [0.3, 0.4) is 0 Å². The number of hydrogen-bond donors (Lipinski definition) is 3. The molecule has 4 nitrogen and oxygen atoms in total. The minimum absolute atomic E-state index is 0.159. The van der Waals surface area contributed by atoms with Gasteiger partial charge in [0.05, 0.1) is 0 Å². The average Bonchev–Trinajstić information content (AvgIpc) is 2.42. The Bertz CT molecular complexity index is 415. The van der Waals surface area contributed by atoms with Crippen molar-refractivity contribution < 1.29 is 4.79 Å². The minimum atomic E-state index is -0.159. The smallest absolute Gasteiger partial charge is 0.319 e. The Morgan fingerprint density at radius 3 is 2.58 bits per heavy atom. The lowest BCUT2D eigenvalue weighted by Crippen LogP contribution is -2.44. The summed E-state index contributed by atoms with van der Waals surface area (Å²) in [7, 11) is 0. The van der Waals surface area contributed by atoms with Crippen LogP contribution in [0.5, 0.6) is 0 Å². The molecule has 0 bridgehead atoms.